The maximum absolute atomic E-state index is 12.8. The molecule has 2 bridgehead atoms. The zero-order chi connectivity index (χ0) is 18.0. The molecule has 0 unspecified atom stereocenters. The van der Waals surface area contributed by atoms with Crippen LogP contribution in [0.4, 0.5) is 5.69 Å². The van der Waals surface area contributed by atoms with Crippen molar-refractivity contribution in [3.8, 4) is 0 Å². The summed E-state index contributed by atoms with van der Waals surface area (Å²) >= 11 is 5.83. The van der Waals surface area contributed by atoms with Crippen LogP contribution < -0.4 is 5.32 Å². The molecule has 4 aliphatic carbocycles. The smallest absolute Gasteiger partial charge is 0.233 e. The van der Waals surface area contributed by atoms with E-state index in [0.29, 0.717) is 22.5 Å². The molecule has 3 fully saturated rings. The summed E-state index contributed by atoms with van der Waals surface area (Å²) in [5, 5.41) is 3.37. The van der Waals surface area contributed by atoms with Gasteiger partial charge in [0.15, 0.2) is 0 Å². The highest BCUT2D eigenvalue weighted by Gasteiger charge is 2.66. The fourth-order valence-electron chi connectivity index (χ4n) is 5.21. The first-order valence-corrected chi connectivity index (χ1v) is 9.51. The monoisotopic (exact) mass is 370 g/mol. The maximum atomic E-state index is 12.8. The van der Waals surface area contributed by atoms with E-state index in [1.807, 2.05) is 0 Å². The van der Waals surface area contributed by atoms with E-state index in [1.54, 1.807) is 24.3 Å². The molecule has 0 spiro atoms. The average molecular weight is 371 g/mol. The molecule has 134 valence electrons. The van der Waals surface area contributed by atoms with Crippen molar-refractivity contribution >= 4 is 35.0 Å². The SMILES string of the molecule is O=C(CCN1C(=O)[C@@H]2[C@H]3C=C[C@@H]([C@@H]4C[C@@H]34)[C@@H]2C1=O)Nc1ccc(Cl)cc1. The van der Waals surface area contributed by atoms with Crippen LogP contribution in [0.2, 0.25) is 5.02 Å². The lowest BCUT2D eigenvalue weighted by atomic mass is 9.63. The number of hydrogen-bond donors (Lipinski definition) is 1. The molecule has 1 aliphatic heterocycles. The molecule has 1 aromatic carbocycles. The summed E-state index contributed by atoms with van der Waals surface area (Å²) in [5.74, 6) is 0.867. The van der Waals surface area contributed by atoms with Crippen LogP contribution in [-0.2, 0) is 14.4 Å². The third-order valence-electron chi connectivity index (χ3n) is 6.44. The Morgan fingerprint density at radius 3 is 2.19 bits per heavy atom. The molecule has 5 nitrogen and oxygen atoms in total. The minimum Gasteiger partial charge on any atom is -0.326 e. The maximum Gasteiger partial charge on any atom is 0.233 e. The van der Waals surface area contributed by atoms with Gasteiger partial charge in [0.05, 0.1) is 11.8 Å². The third kappa shape index (κ3) is 2.33. The van der Waals surface area contributed by atoms with Gasteiger partial charge < -0.3 is 5.32 Å². The summed E-state index contributed by atoms with van der Waals surface area (Å²) in [6.07, 6.45) is 5.57. The van der Waals surface area contributed by atoms with Crippen LogP contribution >= 0.6 is 11.6 Å². The van der Waals surface area contributed by atoms with Crippen molar-refractivity contribution in [1.29, 1.82) is 0 Å². The highest BCUT2D eigenvalue weighted by molar-refractivity contribution is 6.30. The molecular weight excluding hydrogens is 352 g/mol. The van der Waals surface area contributed by atoms with Gasteiger partial charge in [0.1, 0.15) is 0 Å². The van der Waals surface area contributed by atoms with Gasteiger partial charge in [-0.25, -0.2) is 0 Å². The Balaban J connectivity index is 1.24. The average Bonchev–Trinajstić information content (AvgIpc) is 3.41. The number of halogens is 1. The van der Waals surface area contributed by atoms with E-state index >= 15 is 0 Å². The first-order chi connectivity index (χ1) is 12.5. The summed E-state index contributed by atoms with van der Waals surface area (Å²) < 4.78 is 0. The minimum atomic E-state index is -0.216. The van der Waals surface area contributed by atoms with Crippen molar-refractivity contribution in [2.75, 3.05) is 11.9 Å². The van der Waals surface area contributed by atoms with Gasteiger partial charge >= 0.3 is 0 Å². The summed E-state index contributed by atoms with van der Waals surface area (Å²) in [7, 11) is 0. The van der Waals surface area contributed by atoms with Gasteiger partial charge in [0.25, 0.3) is 0 Å². The Morgan fingerprint density at radius 2 is 1.62 bits per heavy atom. The number of anilines is 1. The Hall–Kier alpha value is -2.14. The normalized spacial score (nSPS) is 36.1. The fraction of sp³-hybridized carbons (Fsp3) is 0.450. The molecule has 0 radical (unpaired) electrons. The second-order valence-electron chi connectivity index (χ2n) is 7.79. The number of carbonyl (C=O) groups excluding carboxylic acids is 3. The summed E-state index contributed by atoms with van der Waals surface area (Å²) in [5.41, 5.74) is 0.648. The number of benzene rings is 1. The standard InChI is InChI=1S/C20H19ClN2O3/c21-10-1-3-11(4-2-10)22-16(24)7-8-23-19(25)17-12-5-6-13(15-9-14(12)15)18(17)20(23)26/h1-6,12-15,17-18H,7-9H2,(H,22,24)/t12-,13-,14-,15-,17-,18+/m0/s1. The summed E-state index contributed by atoms with van der Waals surface area (Å²) in [6.45, 7) is 0.152. The molecule has 1 heterocycles. The molecule has 1 aromatic rings. The summed E-state index contributed by atoms with van der Waals surface area (Å²) in [4.78, 5) is 39.2. The molecular formula is C20H19ClN2O3. The van der Waals surface area contributed by atoms with Crippen molar-refractivity contribution in [1.82, 2.24) is 4.90 Å². The van der Waals surface area contributed by atoms with Crippen LogP contribution in [0, 0.1) is 35.5 Å². The van der Waals surface area contributed by atoms with Crippen LogP contribution in [0.3, 0.4) is 0 Å². The zero-order valence-corrected chi connectivity index (χ0v) is 14.9. The lowest BCUT2D eigenvalue weighted by Crippen LogP contribution is -2.40. The second kappa shape index (κ2) is 5.68. The van der Waals surface area contributed by atoms with Crippen LogP contribution in [0.25, 0.3) is 0 Å². The number of allylic oxidation sites excluding steroid dienone is 2. The van der Waals surface area contributed by atoms with Gasteiger partial charge in [-0.2, -0.15) is 0 Å². The van der Waals surface area contributed by atoms with Gasteiger partial charge in [-0.05, 0) is 54.4 Å². The highest BCUT2D eigenvalue weighted by Crippen LogP contribution is 2.65. The highest BCUT2D eigenvalue weighted by atomic mass is 35.5. The van der Waals surface area contributed by atoms with Gasteiger partial charge in [-0.3, -0.25) is 19.3 Å². The lowest BCUT2D eigenvalue weighted by molar-refractivity contribution is -0.140. The number of likely N-dealkylation sites (tertiary alicyclic amines) is 1. The first kappa shape index (κ1) is 16.1. The van der Waals surface area contributed by atoms with Gasteiger partial charge in [-0.1, -0.05) is 23.8 Å². The first-order valence-electron chi connectivity index (χ1n) is 9.13. The number of nitrogens with one attached hydrogen (secondary N) is 1. The van der Waals surface area contributed by atoms with Gasteiger partial charge in [-0.15, -0.1) is 0 Å². The summed E-state index contributed by atoms with van der Waals surface area (Å²) in [6, 6.07) is 6.83. The topological polar surface area (TPSA) is 66.5 Å². The number of amides is 3. The van der Waals surface area contributed by atoms with E-state index in [-0.39, 0.29) is 54.4 Å². The molecule has 6 rings (SSSR count). The van der Waals surface area contributed by atoms with Crippen molar-refractivity contribution in [3.05, 3.63) is 41.4 Å². The predicted molar refractivity (Wildman–Crippen MR) is 96.1 cm³/mol. The van der Waals surface area contributed by atoms with Crippen LogP contribution in [0.5, 0.6) is 0 Å². The Morgan fingerprint density at radius 1 is 1.04 bits per heavy atom. The van der Waals surface area contributed by atoms with Gasteiger partial charge in [0, 0.05) is 23.7 Å². The van der Waals surface area contributed by atoms with Gasteiger partial charge in [0.2, 0.25) is 17.7 Å². The number of hydrogen-bond acceptors (Lipinski definition) is 3. The number of rotatable bonds is 4. The Bertz CT molecular complexity index is 798. The molecule has 26 heavy (non-hydrogen) atoms. The third-order valence-corrected chi connectivity index (χ3v) is 6.70. The lowest BCUT2D eigenvalue weighted by Gasteiger charge is -2.37. The van der Waals surface area contributed by atoms with E-state index < -0.39 is 0 Å². The zero-order valence-electron chi connectivity index (χ0n) is 14.1. The van der Waals surface area contributed by atoms with Crippen LogP contribution in [0.15, 0.2) is 36.4 Å². The molecule has 1 saturated heterocycles. The van der Waals surface area contributed by atoms with E-state index in [1.165, 1.54) is 4.90 Å². The molecule has 2 saturated carbocycles. The van der Waals surface area contributed by atoms with E-state index in [2.05, 4.69) is 17.5 Å². The molecule has 5 aliphatic rings. The minimum absolute atomic E-state index is 0.0796. The van der Waals surface area contributed by atoms with E-state index in [9.17, 15) is 14.4 Å². The number of imide groups is 1. The Kier molecular flexibility index (Phi) is 3.51. The molecule has 1 N–H and O–H groups in total. The fourth-order valence-corrected chi connectivity index (χ4v) is 5.34. The molecule has 3 amide bonds. The Labute approximate surface area is 156 Å². The van der Waals surface area contributed by atoms with Crippen molar-refractivity contribution in [2.45, 2.75) is 12.8 Å². The second-order valence-corrected chi connectivity index (χ2v) is 8.22. The molecule has 0 aromatic heterocycles. The van der Waals surface area contributed by atoms with Crippen molar-refractivity contribution in [2.24, 2.45) is 35.5 Å². The predicted octanol–water partition coefficient (Wildman–Crippen LogP) is 2.72. The number of carbonyl (C=O) groups is 3. The van der Waals surface area contributed by atoms with E-state index in [4.69, 9.17) is 11.6 Å². The quantitative estimate of drug-likeness (QED) is 0.654. The van der Waals surface area contributed by atoms with Crippen LogP contribution in [0.1, 0.15) is 12.8 Å². The molecule has 6 atom stereocenters. The van der Waals surface area contributed by atoms with Crippen molar-refractivity contribution in [3.63, 3.8) is 0 Å². The largest absolute Gasteiger partial charge is 0.326 e. The molecule has 6 heteroatoms. The number of nitrogens with zero attached hydrogens (tertiary/aromatic N) is 1. The van der Waals surface area contributed by atoms with E-state index in [0.717, 1.165) is 6.42 Å². The van der Waals surface area contributed by atoms with Crippen molar-refractivity contribution < 1.29 is 14.4 Å². The van der Waals surface area contributed by atoms with Crippen LogP contribution in [-0.4, -0.2) is 29.2 Å².